The van der Waals surface area contributed by atoms with Crippen LogP contribution < -0.4 is 5.32 Å². The molecule has 0 bridgehead atoms. The molecule has 2 heteroatoms. The van der Waals surface area contributed by atoms with Crippen LogP contribution in [0.4, 0.5) is 0 Å². The molecule has 2 atom stereocenters. The molecule has 1 saturated heterocycles. The molecule has 0 spiro atoms. The van der Waals surface area contributed by atoms with Gasteiger partial charge in [-0.25, -0.2) is 0 Å². The third kappa shape index (κ3) is 6.49. The highest BCUT2D eigenvalue weighted by Crippen LogP contribution is 2.16. The maximum Gasteiger partial charge on any atom is 0.0575 e. The molecule has 0 aromatic carbocycles. The van der Waals surface area contributed by atoms with Gasteiger partial charge in [0.2, 0.25) is 0 Å². The predicted octanol–water partition coefficient (Wildman–Crippen LogP) is 3.36. The van der Waals surface area contributed by atoms with E-state index in [-0.39, 0.29) is 0 Å². The first kappa shape index (κ1) is 14.0. The molecule has 2 nitrogen and oxygen atoms in total. The second-order valence-corrected chi connectivity index (χ2v) is 5.62. The number of ether oxygens (including phenoxy) is 1. The van der Waals surface area contributed by atoms with Gasteiger partial charge in [0.25, 0.3) is 0 Å². The summed E-state index contributed by atoms with van der Waals surface area (Å²) in [5.74, 6) is 0.796. The van der Waals surface area contributed by atoms with Crippen LogP contribution in [-0.2, 0) is 4.74 Å². The zero-order valence-electron chi connectivity index (χ0n) is 11.3. The largest absolute Gasteiger partial charge is 0.378 e. The van der Waals surface area contributed by atoms with Crippen molar-refractivity contribution in [3.8, 4) is 0 Å². The van der Waals surface area contributed by atoms with Crippen LogP contribution in [0.5, 0.6) is 0 Å². The van der Waals surface area contributed by atoms with Gasteiger partial charge in [-0.15, -0.1) is 0 Å². The summed E-state index contributed by atoms with van der Waals surface area (Å²) < 4.78 is 5.72. The normalized spacial score (nSPS) is 23.6. The van der Waals surface area contributed by atoms with Crippen LogP contribution in [0.1, 0.15) is 59.3 Å². The lowest BCUT2D eigenvalue weighted by molar-refractivity contribution is 0.0101. The Morgan fingerprint density at radius 2 is 2.06 bits per heavy atom. The molecule has 0 aliphatic carbocycles. The van der Waals surface area contributed by atoms with Crippen molar-refractivity contribution >= 4 is 0 Å². The molecule has 96 valence electrons. The van der Waals surface area contributed by atoms with E-state index in [0.717, 1.165) is 19.1 Å². The topological polar surface area (TPSA) is 21.3 Å². The Labute approximate surface area is 101 Å². The zero-order chi connectivity index (χ0) is 11.8. The Morgan fingerprint density at radius 3 is 2.69 bits per heavy atom. The van der Waals surface area contributed by atoms with Crippen molar-refractivity contribution in [2.45, 2.75) is 71.4 Å². The van der Waals surface area contributed by atoms with E-state index in [1.54, 1.807) is 0 Å². The van der Waals surface area contributed by atoms with Crippen molar-refractivity contribution < 1.29 is 4.74 Å². The summed E-state index contributed by atoms with van der Waals surface area (Å²) in [5, 5.41) is 3.60. The molecular formula is C14H29NO. The summed E-state index contributed by atoms with van der Waals surface area (Å²) in [6.45, 7) is 8.99. The second-order valence-electron chi connectivity index (χ2n) is 5.62. The van der Waals surface area contributed by atoms with Crippen molar-refractivity contribution in [1.82, 2.24) is 5.32 Å². The maximum absolute atomic E-state index is 5.72. The standard InChI is InChI=1S/C14H29NO/c1-12(2)11-13(3)15-9-6-8-14-7-4-5-10-16-14/h12-15H,4-11H2,1-3H3. The monoisotopic (exact) mass is 227 g/mol. The lowest BCUT2D eigenvalue weighted by Gasteiger charge is -2.23. The van der Waals surface area contributed by atoms with Crippen molar-refractivity contribution in [3.63, 3.8) is 0 Å². The maximum atomic E-state index is 5.72. The molecule has 0 aromatic heterocycles. The van der Waals surface area contributed by atoms with Gasteiger partial charge in [0.1, 0.15) is 0 Å². The van der Waals surface area contributed by atoms with Gasteiger partial charge in [-0.2, -0.15) is 0 Å². The van der Waals surface area contributed by atoms with Crippen molar-refractivity contribution in [2.75, 3.05) is 13.2 Å². The van der Waals surface area contributed by atoms with Gasteiger partial charge in [-0.1, -0.05) is 13.8 Å². The number of rotatable bonds is 7. The smallest absolute Gasteiger partial charge is 0.0575 e. The van der Waals surface area contributed by atoms with Crippen LogP contribution in [0.2, 0.25) is 0 Å². The van der Waals surface area contributed by atoms with Crippen LogP contribution in [-0.4, -0.2) is 25.3 Å². The molecule has 0 amide bonds. The summed E-state index contributed by atoms with van der Waals surface area (Å²) in [6, 6.07) is 0.660. The van der Waals surface area contributed by atoms with Crippen molar-refractivity contribution in [2.24, 2.45) is 5.92 Å². The number of nitrogens with one attached hydrogen (secondary N) is 1. The van der Waals surface area contributed by atoms with Crippen LogP contribution >= 0.6 is 0 Å². The van der Waals surface area contributed by atoms with Crippen LogP contribution in [0.25, 0.3) is 0 Å². The van der Waals surface area contributed by atoms with E-state index < -0.39 is 0 Å². The van der Waals surface area contributed by atoms with Gasteiger partial charge >= 0.3 is 0 Å². The van der Waals surface area contributed by atoms with E-state index in [1.165, 1.54) is 38.5 Å². The van der Waals surface area contributed by atoms with E-state index in [2.05, 4.69) is 26.1 Å². The Balaban J connectivity index is 1.94. The summed E-state index contributed by atoms with van der Waals surface area (Å²) >= 11 is 0. The van der Waals surface area contributed by atoms with E-state index >= 15 is 0 Å². The molecule has 16 heavy (non-hydrogen) atoms. The van der Waals surface area contributed by atoms with Crippen LogP contribution in [0.3, 0.4) is 0 Å². The van der Waals surface area contributed by atoms with Gasteiger partial charge in [-0.3, -0.25) is 0 Å². The molecule has 1 aliphatic heterocycles. The highest BCUT2D eigenvalue weighted by atomic mass is 16.5. The average molecular weight is 227 g/mol. The lowest BCUT2D eigenvalue weighted by atomic mass is 10.0. The Kier molecular flexibility index (Phi) is 7.06. The highest BCUT2D eigenvalue weighted by molar-refractivity contribution is 4.66. The molecule has 1 fully saturated rings. The molecule has 1 rings (SSSR count). The fraction of sp³-hybridized carbons (Fsp3) is 1.00. The SMILES string of the molecule is CC(C)CC(C)NCCCC1CCCCO1. The molecule has 1 heterocycles. The summed E-state index contributed by atoms with van der Waals surface area (Å²) in [7, 11) is 0. The summed E-state index contributed by atoms with van der Waals surface area (Å²) in [6.07, 6.45) is 8.23. The Hall–Kier alpha value is -0.0800. The second kappa shape index (κ2) is 8.08. The van der Waals surface area contributed by atoms with Crippen molar-refractivity contribution in [1.29, 1.82) is 0 Å². The first-order valence-electron chi connectivity index (χ1n) is 7.03. The van der Waals surface area contributed by atoms with Gasteiger partial charge in [0.05, 0.1) is 6.10 Å². The minimum absolute atomic E-state index is 0.552. The third-order valence-corrected chi connectivity index (χ3v) is 3.29. The fourth-order valence-electron chi connectivity index (χ4n) is 2.50. The highest BCUT2D eigenvalue weighted by Gasteiger charge is 2.13. The van der Waals surface area contributed by atoms with Gasteiger partial charge < -0.3 is 10.1 Å². The molecule has 0 saturated carbocycles. The Morgan fingerprint density at radius 1 is 1.25 bits per heavy atom. The van der Waals surface area contributed by atoms with Crippen LogP contribution in [0, 0.1) is 5.92 Å². The van der Waals surface area contributed by atoms with Gasteiger partial charge in [0.15, 0.2) is 0 Å². The molecule has 0 radical (unpaired) electrons. The molecule has 1 N–H and O–H groups in total. The van der Waals surface area contributed by atoms with Crippen molar-refractivity contribution in [3.05, 3.63) is 0 Å². The summed E-state index contributed by atoms with van der Waals surface area (Å²) in [4.78, 5) is 0. The minimum Gasteiger partial charge on any atom is -0.378 e. The van der Waals surface area contributed by atoms with Crippen LogP contribution in [0.15, 0.2) is 0 Å². The molecule has 0 aromatic rings. The minimum atomic E-state index is 0.552. The first-order chi connectivity index (χ1) is 7.68. The first-order valence-corrected chi connectivity index (χ1v) is 7.03. The molecule has 1 aliphatic rings. The average Bonchev–Trinajstić information content (AvgIpc) is 2.25. The summed E-state index contributed by atoms with van der Waals surface area (Å²) in [5.41, 5.74) is 0. The quantitative estimate of drug-likeness (QED) is 0.673. The van der Waals surface area contributed by atoms with Gasteiger partial charge in [0, 0.05) is 12.6 Å². The van der Waals surface area contributed by atoms with E-state index in [1.807, 2.05) is 0 Å². The molecule has 2 unspecified atom stereocenters. The lowest BCUT2D eigenvalue weighted by Crippen LogP contribution is -2.29. The third-order valence-electron chi connectivity index (χ3n) is 3.29. The fourth-order valence-corrected chi connectivity index (χ4v) is 2.50. The molecular weight excluding hydrogens is 198 g/mol. The van der Waals surface area contributed by atoms with E-state index in [0.29, 0.717) is 12.1 Å². The Bertz CT molecular complexity index is 164. The predicted molar refractivity (Wildman–Crippen MR) is 69.7 cm³/mol. The van der Waals surface area contributed by atoms with Gasteiger partial charge in [-0.05, 0) is 57.9 Å². The van der Waals surface area contributed by atoms with E-state index in [4.69, 9.17) is 4.74 Å². The van der Waals surface area contributed by atoms with E-state index in [9.17, 15) is 0 Å². The zero-order valence-corrected chi connectivity index (χ0v) is 11.3. The number of hydrogen-bond donors (Lipinski definition) is 1. The number of hydrogen-bond acceptors (Lipinski definition) is 2.